The SMILES string of the molecule is CC1C(=O)NCC(=O)N1C1CCSCC1. The minimum absolute atomic E-state index is 0.0205. The van der Waals surface area contributed by atoms with Gasteiger partial charge < -0.3 is 10.2 Å². The van der Waals surface area contributed by atoms with Crippen molar-refractivity contribution in [3.63, 3.8) is 0 Å². The molecule has 4 nitrogen and oxygen atoms in total. The minimum Gasteiger partial charge on any atom is -0.345 e. The van der Waals surface area contributed by atoms with Gasteiger partial charge in [-0.25, -0.2) is 0 Å². The second-order valence-corrected chi connectivity index (χ2v) is 5.26. The van der Waals surface area contributed by atoms with Crippen molar-refractivity contribution in [2.24, 2.45) is 0 Å². The molecular formula is C10H16N2O2S. The van der Waals surface area contributed by atoms with Crippen LogP contribution in [0, 0.1) is 0 Å². The maximum absolute atomic E-state index is 11.8. The third kappa shape index (κ3) is 2.12. The van der Waals surface area contributed by atoms with Crippen LogP contribution in [0.15, 0.2) is 0 Å². The molecule has 2 heterocycles. The summed E-state index contributed by atoms with van der Waals surface area (Å²) in [5.41, 5.74) is 0. The summed E-state index contributed by atoms with van der Waals surface area (Å²) in [4.78, 5) is 25.0. The summed E-state index contributed by atoms with van der Waals surface area (Å²) in [7, 11) is 0. The molecule has 2 aliphatic heterocycles. The molecule has 0 aromatic heterocycles. The number of carbonyl (C=O) groups is 2. The Morgan fingerprint density at radius 3 is 2.67 bits per heavy atom. The fourth-order valence-electron chi connectivity index (χ4n) is 2.23. The second kappa shape index (κ2) is 4.43. The molecule has 0 aromatic carbocycles. The topological polar surface area (TPSA) is 49.4 Å². The molecule has 15 heavy (non-hydrogen) atoms. The largest absolute Gasteiger partial charge is 0.345 e. The van der Waals surface area contributed by atoms with Crippen molar-refractivity contribution in [3.8, 4) is 0 Å². The molecule has 0 aliphatic carbocycles. The molecule has 2 saturated heterocycles. The Hall–Kier alpha value is -0.710. The van der Waals surface area contributed by atoms with Crippen molar-refractivity contribution in [2.45, 2.75) is 31.8 Å². The van der Waals surface area contributed by atoms with Gasteiger partial charge in [-0.15, -0.1) is 0 Å². The molecule has 5 heteroatoms. The van der Waals surface area contributed by atoms with E-state index in [1.807, 2.05) is 18.7 Å². The zero-order chi connectivity index (χ0) is 10.8. The molecular weight excluding hydrogens is 212 g/mol. The van der Waals surface area contributed by atoms with E-state index >= 15 is 0 Å². The van der Waals surface area contributed by atoms with E-state index in [0.29, 0.717) is 0 Å². The predicted molar refractivity (Wildman–Crippen MR) is 59.7 cm³/mol. The van der Waals surface area contributed by atoms with Crippen molar-refractivity contribution in [3.05, 3.63) is 0 Å². The van der Waals surface area contributed by atoms with Crippen LogP contribution in [0.1, 0.15) is 19.8 Å². The highest BCUT2D eigenvalue weighted by Crippen LogP contribution is 2.24. The van der Waals surface area contributed by atoms with Crippen molar-refractivity contribution in [2.75, 3.05) is 18.1 Å². The van der Waals surface area contributed by atoms with Gasteiger partial charge >= 0.3 is 0 Å². The lowest BCUT2D eigenvalue weighted by Gasteiger charge is -2.40. The van der Waals surface area contributed by atoms with Crippen molar-refractivity contribution in [1.82, 2.24) is 10.2 Å². The molecule has 2 amide bonds. The zero-order valence-corrected chi connectivity index (χ0v) is 9.68. The molecule has 2 fully saturated rings. The second-order valence-electron chi connectivity index (χ2n) is 4.04. The first-order valence-corrected chi connectivity index (χ1v) is 6.52. The molecule has 0 spiro atoms. The molecule has 1 atom stereocenters. The standard InChI is InChI=1S/C10H16N2O2S/c1-7-10(14)11-6-9(13)12(7)8-2-4-15-5-3-8/h7-8H,2-6H2,1H3,(H,11,14). The molecule has 0 aromatic rings. The maximum Gasteiger partial charge on any atom is 0.242 e. The summed E-state index contributed by atoms with van der Waals surface area (Å²) in [6.07, 6.45) is 2.04. The number of rotatable bonds is 1. The van der Waals surface area contributed by atoms with E-state index in [9.17, 15) is 9.59 Å². The monoisotopic (exact) mass is 228 g/mol. The zero-order valence-electron chi connectivity index (χ0n) is 8.86. The molecule has 1 unspecified atom stereocenters. The van der Waals surface area contributed by atoms with Crippen LogP contribution in [0.4, 0.5) is 0 Å². The van der Waals surface area contributed by atoms with Crippen LogP contribution in [0.5, 0.6) is 0 Å². The van der Waals surface area contributed by atoms with Crippen LogP contribution in [0.25, 0.3) is 0 Å². The summed E-state index contributed by atoms with van der Waals surface area (Å²) in [6.45, 7) is 1.99. The Labute approximate surface area is 93.8 Å². The molecule has 0 bridgehead atoms. The first-order valence-electron chi connectivity index (χ1n) is 5.37. The predicted octanol–water partition coefficient (Wildman–Crippen LogP) is 0.229. The molecule has 84 valence electrons. The fourth-order valence-corrected chi connectivity index (χ4v) is 3.31. The van der Waals surface area contributed by atoms with Gasteiger partial charge in [-0.3, -0.25) is 9.59 Å². The van der Waals surface area contributed by atoms with Gasteiger partial charge in [-0.05, 0) is 31.3 Å². The van der Waals surface area contributed by atoms with Gasteiger partial charge in [0.1, 0.15) is 6.04 Å². The lowest BCUT2D eigenvalue weighted by molar-refractivity contribution is -0.147. The lowest BCUT2D eigenvalue weighted by atomic mass is 10.0. The van der Waals surface area contributed by atoms with Crippen molar-refractivity contribution in [1.29, 1.82) is 0 Å². The van der Waals surface area contributed by atoms with Gasteiger partial charge in [0.15, 0.2) is 0 Å². The minimum atomic E-state index is -0.292. The normalized spacial score (nSPS) is 29.1. The van der Waals surface area contributed by atoms with E-state index in [2.05, 4.69) is 5.32 Å². The molecule has 2 rings (SSSR count). The van der Waals surface area contributed by atoms with E-state index in [1.54, 1.807) is 4.90 Å². The number of thioether (sulfide) groups is 1. The highest BCUT2D eigenvalue weighted by atomic mass is 32.2. The third-order valence-corrected chi connectivity index (χ3v) is 4.13. The number of hydrogen-bond donors (Lipinski definition) is 1. The van der Waals surface area contributed by atoms with Gasteiger partial charge in [0.2, 0.25) is 11.8 Å². The number of nitrogens with one attached hydrogen (secondary N) is 1. The van der Waals surface area contributed by atoms with Gasteiger partial charge in [0.25, 0.3) is 0 Å². The van der Waals surface area contributed by atoms with Gasteiger partial charge in [-0.2, -0.15) is 11.8 Å². The average molecular weight is 228 g/mol. The first kappa shape index (κ1) is 10.8. The van der Waals surface area contributed by atoms with E-state index in [0.717, 1.165) is 24.3 Å². The smallest absolute Gasteiger partial charge is 0.242 e. The fraction of sp³-hybridized carbons (Fsp3) is 0.800. The van der Waals surface area contributed by atoms with Gasteiger partial charge in [-0.1, -0.05) is 0 Å². The number of hydrogen-bond acceptors (Lipinski definition) is 3. The first-order chi connectivity index (χ1) is 7.20. The number of carbonyl (C=O) groups excluding carboxylic acids is 2. The van der Waals surface area contributed by atoms with Crippen molar-refractivity contribution < 1.29 is 9.59 Å². The van der Waals surface area contributed by atoms with Crippen LogP contribution >= 0.6 is 11.8 Å². The summed E-state index contributed by atoms with van der Waals surface area (Å²) < 4.78 is 0. The number of nitrogens with zero attached hydrogens (tertiary/aromatic N) is 1. The van der Waals surface area contributed by atoms with E-state index < -0.39 is 0 Å². The summed E-state index contributed by atoms with van der Waals surface area (Å²) >= 11 is 1.93. The van der Waals surface area contributed by atoms with E-state index in [4.69, 9.17) is 0 Å². The summed E-state index contributed by atoms with van der Waals surface area (Å²) in [5, 5.41) is 2.62. The van der Waals surface area contributed by atoms with Crippen LogP contribution in [-0.2, 0) is 9.59 Å². The Balaban J connectivity index is 2.09. The summed E-state index contributed by atoms with van der Waals surface area (Å²) in [5.74, 6) is 2.25. The van der Waals surface area contributed by atoms with Crippen LogP contribution in [0.3, 0.4) is 0 Å². The Kier molecular flexibility index (Phi) is 3.19. The molecule has 1 N–H and O–H groups in total. The number of amides is 2. The molecule has 2 aliphatic rings. The van der Waals surface area contributed by atoms with Gasteiger partial charge in [0.05, 0.1) is 6.54 Å². The van der Waals surface area contributed by atoms with Crippen LogP contribution in [-0.4, -0.2) is 46.8 Å². The highest BCUT2D eigenvalue weighted by Gasteiger charge is 2.36. The third-order valence-electron chi connectivity index (χ3n) is 3.08. The summed E-state index contributed by atoms with van der Waals surface area (Å²) in [6, 6.07) is -0.0147. The quantitative estimate of drug-likeness (QED) is 0.699. The molecule has 0 radical (unpaired) electrons. The number of piperazine rings is 1. The lowest BCUT2D eigenvalue weighted by Crippen LogP contribution is -2.60. The Bertz CT molecular complexity index is 277. The van der Waals surface area contributed by atoms with Crippen LogP contribution in [0.2, 0.25) is 0 Å². The van der Waals surface area contributed by atoms with E-state index in [-0.39, 0.29) is 30.4 Å². The average Bonchev–Trinajstić information content (AvgIpc) is 2.26. The van der Waals surface area contributed by atoms with Crippen molar-refractivity contribution >= 4 is 23.6 Å². The Morgan fingerprint density at radius 2 is 2.00 bits per heavy atom. The Morgan fingerprint density at radius 1 is 1.33 bits per heavy atom. The van der Waals surface area contributed by atoms with Gasteiger partial charge in [0, 0.05) is 6.04 Å². The highest BCUT2D eigenvalue weighted by molar-refractivity contribution is 7.99. The molecule has 0 saturated carbocycles. The van der Waals surface area contributed by atoms with Crippen LogP contribution < -0.4 is 5.32 Å². The van der Waals surface area contributed by atoms with E-state index in [1.165, 1.54) is 0 Å². The maximum atomic E-state index is 11.8.